The van der Waals surface area contributed by atoms with Crippen LogP contribution in [0.4, 0.5) is 0 Å². The van der Waals surface area contributed by atoms with E-state index in [0.29, 0.717) is 41.1 Å². The highest BCUT2D eigenvalue weighted by Crippen LogP contribution is 2.56. The van der Waals surface area contributed by atoms with Crippen LogP contribution >= 0.6 is 0 Å². The van der Waals surface area contributed by atoms with Crippen LogP contribution < -0.4 is 4.74 Å². The summed E-state index contributed by atoms with van der Waals surface area (Å²) < 4.78 is 5.87. The van der Waals surface area contributed by atoms with E-state index in [-0.39, 0.29) is 35.6 Å². The molecule has 0 radical (unpaired) electrons. The number of allylic oxidation sites excluding steroid dienone is 6. The third-order valence-electron chi connectivity index (χ3n) is 8.35. The average Bonchev–Trinajstić information content (AvgIpc) is 3.14. The molecule has 38 heavy (non-hydrogen) atoms. The van der Waals surface area contributed by atoms with Gasteiger partial charge < -0.3 is 9.84 Å². The Morgan fingerprint density at radius 1 is 1.00 bits per heavy atom. The molecule has 4 atom stereocenters. The fourth-order valence-corrected chi connectivity index (χ4v) is 6.47. The van der Waals surface area contributed by atoms with Crippen LogP contribution in [0, 0.1) is 17.8 Å². The van der Waals surface area contributed by atoms with Crippen LogP contribution in [0.15, 0.2) is 83.0 Å². The molecule has 1 heterocycles. The van der Waals surface area contributed by atoms with E-state index in [1.165, 1.54) is 24.1 Å². The van der Waals surface area contributed by atoms with Gasteiger partial charge in [-0.2, -0.15) is 0 Å². The first-order valence-corrected chi connectivity index (χ1v) is 12.8. The number of fused-ring (bicyclic) bond motifs is 3. The van der Waals surface area contributed by atoms with Crippen molar-refractivity contribution in [1.29, 1.82) is 0 Å². The molecule has 1 saturated heterocycles. The Hall–Kier alpha value is -4.26. The van der Waals surface area contributed by atoms with E-state index >= 15 is 0 Å². The number of nitrogens with zero attached hydrogens (tertiary/aromatic N) is 1. The van der Waals surface area contributed by atoms with Crippen molar-refractivity contribution < 1.29 is 29.0 Å². The number of hydrogen-bond donors (Lipinski definition) is 1. The largest absolute Gasteiger partial charge is 0.507 e. The molecule has 7 heteroatoms. The van der Waals surface area contributed by atoms with Crippen LogP contribution in [0.25, 0.3) is 0 Å². The van der Waals surface area contributed by atoms with E-state index in [1.54, 1.807) is 19.1 Å². The van der Waals surface area contributed by atoms with E-state index in [9.17, 15) is 24.3 Å². The van der Waals surface area contributed by atoms with Crippen LogP contribution in [0.1, 0.15) is 36.8 Å². The number of imide groups is 1. The molecule has 3 aliphatic carbocycles. The topological polar surface area (TPSA) is 101 Å². The van der Waals surface area contributed by atoms with Crippen LogP contribution in [-0.4, -0.2) is 40.4 Å². The Kier molecular flexibility index (Phi) is 5.67. The number of ketones is 2. The molecule has 0 bridgehead atoms. The lowest BCUT2D eigenvalue weighted by Crippen LogP contribution is -2.39. The van der Waals surface area contributed by atoms with Crippen molar-refractivity contribution in [2.24, 2.45) is 17.8 Å². The molecule has 7 nitrogen and oxygen atoms in total. The highest BCUT2D eigenvalue weighted by molar-refractivity contribution is 6.24. The standard InChI is InChI=1S/C31H27NO6/c1-16-12-24(33)23-14-22-19(10-11-21-27(22)31(37)32(2)30(21)36)26(28(23)29(16)35)20-9-8-18(13-25(20)34)38-15-17-6-4-3-5-7-17/h3-10,12-13,21-22,26-27,34H,11,14-15H2,1-2H3/t21-,22+,26+,27-/m0/s1. The van der Waals surface area contributed by atoms with E-state index in [0.717, 1.165) is 11.1 Å². The molecule has 1 fully saturated rings. The molecule has 1 aliphatic heterocycles. The van der Waals surface area contributed by atoms with Crippen molar-refractivity contribution >= 4 is 23.4 Å². The number of Topliss-reactive ketones (excluding diaryl/α,β-unsaturated/α-hetero) is 1. The number of phenolic OH excluding ortho intramolecular Hbond substituents is 1. The lowest BCUT2D eigenvalue weighted by Gasteiger charge is -2.42. The number of rotatable bonds is 4. The summed E-state index contributed by atoms with van der Waals surface area (Å²) in [6, 6.07) is 14.6. The van der Waals surface area contributed by atoms with Gasteiger partial charge in [0.15, 0.2) is 11.6 Å². The van der Waals surface area contributed by atoms with Gasteiger partial charge in [-0.3, -0.25) is 24.1 Å². The van der Waals surface area contributed by atoms with E-state index in [4.69, 9.17) is 4.74 Å². The number of likely N-dealkylation sites (tertiary alicyclic amines) is 1. The molecule has 0 unspecified atom stereocenters. The lowest BCUT2D eigenvalue weighted by molar-refractivity contribution is -0.138. The summed E-state index contributed by atoms with van der Waals surface area (Å²) in [5, 5.41) is 11.2. The van der Waals surface area contributed by atoms with Gasteiger partial charge in [0, 0.05) is 41.3 Å². The van der Waals surface area contributed by atoms with Gasteiger partial charge in [-0.05, 0) is 43.4 Å². The summed E-state index contributed by atoms with van der Waals surface area (Å²) in [6.45, 7) is 1.95. The predicted molar refractivity (Wildman–Crippen MR) is 138 cm³/mol. The van der Waals surface area contributed by atoms with Crippen molar-refractivity contribution in [2.75, 3.05) is 7.05 Å². The summed E-state index contributed by atoms with van der Waals surface area (Å²) in [4.78, 5) is 53.7. The molecule has 4 aliphatic rings. The number of aromatic hydroxyl groups is 1. The molecule has 2 amide bonds. The number of hydrogen-bond acceptors (Lipinski definition) is 6. The number of carbonyl (C=O) groups is 4. The minimum Gasteiger partial charge on any atom is -0.507 e. The van der Waals surface area contributed by atoms with Gasteiger partial charge in [-0.15, -0.1) is 0 Å². The molecule has 1 N–H and O–H groups in total. The van der Waals surface area contributed by atoms with Crippen molar-refractivity contribution in [3.8, 4) is 11.5 Å². The molecule has 0 aromatic heterocycles. The Bertz CT molecular complexity index is 1500. The summed E-state index contributed by atoms with van der Waals surface area (Å²) in [6.07, 6.45) is 3.89. The highest BCUT2D eigenvalue weighted by Gasteiger charge is 2.55. The minimum atomic E-state index is -0.693. The van der Waals surface area contributed by atoms with Crippen molar-refractivity contribution in [3.05, 3.63) is 94.1 Å². The zero-order valence-electron chi connectivity index (χ0n) is 21.1. The van der Waals surface area contributed by atoms with E-state index in [1.807, 2.05) is 36.4 Å². The first-order valence-electron chi connectivity index (χ1n) is 12.8. The third kappa shape index (κ3) is 3.64. The predicted octanol–water partition coefficient (Wildman–Crippen LogP) is 4.03. The second-order valence-electron chi connectivity index (χ2n) is 10.5. The van der Waals surface area contributed by atoms with Gasteiger partial charge in [-0.25, -0.2) is 0 Å². The second-order valence-corrected chi connectivity index (χ2v) is 10.5. The zero-order chi connectivity index (χ0) is 26.7. The number of ether oxygens (including phenoxy) is 1. The van der Waals surface area contributed by atoms with E-state index < -0.39 is 23.7 Å². The van der Waals surface area contributed by atoms with Crippen molar-refractivity contribution in [2.45, 2.75) is 32.3 Å². The van der Waals surface area contributed by atoms with Gasteiger partial charge in [0.05, 0.1) is 11.8 Å². The Balaban J connectivity index is 1.42. The molecule has 0 spiro atoms. The zero-order valence-corrected chi connectivity index (χ0v) is 21.1. The SMILES string of the molecule is CC1=CC(=O)C2=C(C1=O)[C@@H](c1ccc(OCc3ccccc3)cc1O)C1=CC[C@@H]3C(=O)N(C)C(=O)[C@@H]3[C@@H]1C2. The Labute approximate surface area is 220 Å². The van der Waals surface area contributed by atoms with Crippen molar-refractivity contribution in [3.63, 3.8) is 0 Å². The highest BCUT2D eigenvalue weighted by atomic mass is 16.5. The maximum Gasteiger partial charge on any atom is 0.233 e. The number of phenols is 1. The van der Waals surface area contributed by atoms with Gasteiger partial charge in [0.25, 0.3) is 0 Å². The number of benzene rings is 2. The fourth-order valence-electron chi connectivity index (χ4n) is 6.47. The third-order valence-corrected chi connectivity index (χ3v) is 8.35. The first-order chi connectivity index (χ1) is 18.3. The molecule has 192 valence electrons. The van der Waals surface area contributed by atoms with Gasteiger partial charge in [0.2, 0.25) is 11.8 Å². The summed E-state index contributed by atoms with van der Waals surface area (Å²) in [5.41, 5.74) is 3.34. The van der Waals surface area contributed by atoms with Crippen LogP contribution in [0.5, 0.6) is 11.5 Å². The quantitative estimate of drug-likeness (QED) is 0.380. The fraction of sp³-hybridized carbons (Fsp3) is 0.290. The summed E-state index contributed by atoms with van der Waals surface area (Å²) >= 11 is 0. The molecular weight excluding hydrogens is 482 g/mol. The molecule has 6 rings (SSSR count). The Morgan fingerprint density at radius 2 is 1.76 bits per heavy atom. The summed E-state index contributed by atoms with van der Waals surface area (Å²) in [5.74, 6) is -2.71. The smallest absolute Gasteiger partial charge is 0.233 e. The van der Waals surface area contributed by atoms with Gasteiger partial charge >= 0.3 is 0 Å². The second kappa shape index (κ2) is 8.94. The number of amides is 2. The Morgan fingerprint density at radius 3 is 2.50 bits per heavy atom. The van der Waals surface area contributed by atoms with Crippen LogP contribution in [0.3, 0.4) is 0 Å². The van der Waals surface area contributed by atoms with Crippen LogP contribution in [-0.2, 0) is 25.8 Å². The van der Waals surface area contributed by atoms with Crippen LogP contribution in [0.2, 0.25) is 0 Å². The number of carbonyl (C=O) groups excluding carboxylic acids is 4. The van der Waals surface area contributed by atoms with E-state index in [2.05, 4.69) is 0 Å². The maximum atomic E-state index is 13.5. The summed E-state index contributed by atoms with van der Waals surface area (Å²) in [7, 11) is 1.50. The lowest BCUT2D eigenvalue weighted by atomic mass is 9.59. The average molecular weight is 510 g/mol. The first kappa shape index (κ1) is 24.1. The normalized spacial score (nSPS) is 26.5. The molecule has 0 saturated carbocycles. The minimum absolute atomic E-state index is 0.0607. The maximum absolute atomic E-state index is 13.5. The molecule has 2 aromatic carbocycles. The van der Waals surface area contributed by atoms with Gasteiger partial charge in [-0.1, -0.05) is 48.0 Å². The molecule has 2 aromatic rings. The van der Waals surface area contributed by atoms with Gasteiger partial charge in [0.1, 0.15) is 18.1 Å². The molecular formula is C31H27NO6. The monoisotopic (exact) mass is 509 g/mol. The van der Waals surface area contributed by atoms with Crippen molar-refractivity contribution in [1.82, 2.24) is 4.90 Å².